The molecule has 4 aromatic rings. The fourth-order valence-corrected chi connectivity index (χ4v) is 4.70. The summed E-state index contributed by atoms with van der Waals surface area (Å²) in [5.74, 6) is 0.502. The summed E-state index contributed by atoms with van der Waals surface area (Å²) in [5.41, 5.74) is 3.12. The van der Waals surface area contributed by atoms with Crippen molar-refractivity contribution in [1.29, 1.82) is 0 Å². The summed E-state index contributed by atoms with van der Waals surface area (Å²) in [5, 5.41) is 3.03. The van der Waals surface area contributed by atoms with E-state index in [1.807, 2.05) is 18.2 Å². The van der Waals surface area contributed by atoms with E-state index in [0.717, 1.165) is 11.8 Å². The van der Waals surface area contributed by atoms with Crippen LogP contribution >= 0.6 is 0 Å². The summed E-state index contributed by atoms with van der Waals surface area (Å²) in [6.07, 6.45) is 5.75. The lowest BCUT2D eigenvalue weighted by Gasteiger charge is -2.10. The van der Waals surface area contributed by atoms with Gasteiger partial charge in [0.25, 0.3) is 10.0 Å². The lowest BCUT2D eigenvalue weighted by atomic mass is 10.1. The van der Waals surface area contributed by atoms with Crippen LogP contribution in [0.5, 0.6) is 0 Å². The average Bonchev–Trinajstić information content (AvgIpc) is 2.81. The minimum Gasteiger partial charge on any atom is -0.367 e. The zero-order chi connectivity index (χ0) is 24.2. The maximum absolute atomic E-state index is 12.6. The second kappa shape index (κ2) is 9.71. The SMILES string of the molecule is CS(=O)(=O)NCCNc1cnc2ccc(-c3cncc(NS(=O)(=O)c4ccccc4)c3)cc2n1. The zero-order valence-electron chi connectivity index (χ0n) is 18.1. The van der Waals surface area contributed by atoms with Gasteiger partial charge in [-0.3, -0.25) is 14.7 Å². The Hall–Kier alpha value is -3.61. The van der Waals surface area contributed by atoms with E-state index in [1.54, 1.807) is 36.7 Å². The molecule has 10 nitrogen and oxygen atoms in total. The highest BCUT2D eigenvalue weighted by Crippen LogP contribution is 2.26. The standard InChI is InChI=1S/C22H22N6O4S2/c1-33(29,30)26-10-9-24-22-15-25-20-8-7-16(12-21(20)27-22)17-11-18(14-23-13-17)28-34(31,32)19-5-3-2-4-6-19/h2-8,11-15,26,28H,9-10H2,1H3,(H,24,27). The molecule has 0 radical (unpaired) electrons. The van der Waals surface area contributed by atoms with Crippen molar-refractivity contribution in [2.24, 2.45) is 0 Å². The number of sulfonamides is 2. The van der Waals surface area contributed by atoms with Gasteiger partial charge in [-0.1, -0.05) is 24.3 Å². The molecule has 2 heterocycles. The van der Waals surface area contributed by atoms with Gasteiger partial charge in [0.05, 0.1) is 40.3 Å². The van der Waals surface area contributed by atoms with Crippen LogP contribution in [0.4, 0.5) is 11.5 Å². The molecular formula is C22H22N6O4S2. The van der Waals surface area contributed by atoms with Crippen LogP contribution in [0.1, 0.15) is 0 Å². The lowest BCUT2D eigenvalue weighted by molar-refractivity contribution is 0.589. The van der Waals surface area contributed by atoms with Gasteiger partial charge in [-0.25, -0.2) is 26.5 Å². The third-order valence-electron chi connectivity index (χ3n) is 4.71. The molecular weight excluding hydrogens is 476 g/mol. The van der Waals surface area contributed by atoms with E-state index in [1.165, 1.54) is 18.3 Å². The molecule has 0 aliphatic rings. The molecule has 0 atom stereocenters. The summed E-state index contributed by atoms with van der Waals surface area (Å²) < 4.78 is 52.5. The third kappa shape index (κ3) is 6.04. The first-order chi connectivity index (χ1) is 16.2. The highest BCUT2D eigenvalue weighted by Gasteiger charge is 2.14. The third-order valence-corrected chi connectivity index (χ3v) is 6.84. The summed E-state index contributed by atoms with van der Waals surface area (Å²) in [6, 6.07) is 15.3. The maximum atomic E-state index is 12.6. The predicted octanol–water partition coefficient (Wildman–Crippen LogP) is 2.45. The van der Waals surface area contributed by atoms with Gasteiger partial charge < -0.3 is 5.32 Å². The summed E-state index contributed by atoms with van der Waals surface area (Å²) in [4.78, 5) is 13.2. The molecule has 0 amide bonds. The normalized spacial score (nSPS) is 11.9. The molecule has 34 heavy (non-hydrogen) atoms. The Labute approximate surface area is 197 Å². The first kappa shape index (κ1) is 23.5. The number of rotatable bonds is 9. The molecule has 12 heteroatoms. The van der Waals surface area contributed by atoms with Crippen molar-refractivity contribution in [2.75, 3.05) is 29.4 Å². The number of aromatic nitrogens is 3. The minimum absolute atomic E-state index is 0.160. The van der Waals surface area contributed by atoms with Crippen molar-refractivity contribution in [3.63, 3.8) is 0 Å². The molecule has 0 aliphatic heterocycles. The second-order valence-corrected chi connectivity index (χ2v) is 10.9. The van der Waals surface area contributed by atoms with Crippen LogP contribution in [0.15, 0.2) is 78.1 Å². The van der Waals surface area contributed by atoms with E-state index < -0.39 is 20.0 Å². The van der Waals surface area contributed by atoms with Crippen molar-refractivity contribution in [1.82, 2.24) is 19.7 Å². The largest absolute Gasteiger partial charge is 0.367 e. The maximum Gasteiger partial charge on any atom is 0.261 e. The number of fused-ring (bicyclic) bond motifs is 1. The smallest absolute Gasteiger partial charge is 0.261 e. The van der Waals surface area contributed by atoms with Crippen LogP contribution in [-0.4, -0.2) is 51.1 Å². The molecule has 176 valence electrons. The van der Waals surface area contributed by atoms with E-state index in [0.29, 0.717) is 34.6 Å². The highest BCUT2D eigenvalue weighted by atomic mass is 32.2. The van der Waals surface area contributed by atoms with Gasteiger partial charge in [-0.15, -0.1) is 0 Å². The van der Waals surface area contributed by atoms with Gasteiger partial charge in [0.1, 0.15) is 5.82 Å². The Balaban J connectivity index is 1.54. The van der Waals surface area contributed by atoms with Gasteiger partial charge in [0.15, 0.2) is 0 Å². The number of hydrogen-bond donors (Lipinski definition) is 3. The first-order valence-corrected chi connectivity index (χ1v) is 13.6. The second-order valence-electron chi connectivity index (χ2n) is 7.43. The monoisotopic (exact) mass is 498 g/mol. The van der Waals surface area contributed by atoms with Crippen molar-refractivity contribution in [3.8, 4) is 11.1 Å². The average molecular weight is 499 g/mol. The number of nitrogens with one attached hydrogen (secondary N) is 3. The van der Waals surface area contributed by atoms with Crippen LogP contribution in [0, 0.1) is 0 Å². The molecule has 0 fully saturated rings. The number of pyridine rings is 1. The topological polar surface area (TPSA) is 143 Å². The van der Waals surface area contributed by atoms with Crippen LogP contribution in [0.3, 0.4) is 0 Å². The molecule has 0 aliphatic carbocycles. The van der Waals surface area contributed by atoms with Gasteiger partial charge in [0.2, 0.25) is 10.0 Å². The van der Waals surface area contributed by atoms with Crippen LogP contribution in [0.25, 0.3) is 22.2 Å². The molecule has 2 aromatic carbocycles. The Bertz CT molecular complexity index is 1530. The van der Waals surface area contributed by atoms with E-state index >= 15 is 0 Å². The number of anilines is 2. The van der Waals surface area contributed by atoms with Crippen LogP contribution in [-0.2, 0) is 20.0 Å². The molecule has 0 spiro atoms. The highest BCUT2D eigenvalue weighted by molar-refractivity contribution is 7.92. The Morgan fingerprint density at radius 3 is 2.38 bits per heavy atom. The van der Waals surface area contributed by atoms with Gasteiger partial charge >= 0.3 is 0 Å². The fourth-order valence-electron chi connectivity index (χ4n) is 3.17. The summed E-state index contributed by atoms with van der Waals surface area (Å²) in [6.45, 7) is 0.566. The molecule has 0 unspecified atom stereocenters. The molecule has 4 rings (SSSR count). The van der Waals surface area contributed by atoms with Gasteiger partial charge in [-0.05, 0) is 35.9 Å². The van der Waals surface area contributed by atoms with E-state index in [9.17, 15) is 16.8 Å². The van der Waals surface area contributed by atoms with Crippen molar-refractivity contribution in [3.05, 3.63) is 73.2 Å². The first-order valence-electron chi connectivity index (χ1n) is 10.2. The number of benzene rings is 2. The predicted molar refractivity (Wildman–Crippen MR) is 131 cm³/mol. The van der Waals surface area contributed by atoms with E-state index in [-0.39, 0.29) is 11.4 Å². The summed E-state index contributed by atoms with van der Waals surface area (Å²) >= 11 is 0. The van der Waals surface area contributed by atoms with Crippen molar-refractivity contribution in [2.45, 2.75) is 4.90 Å². The minimum atomic E-state index is -3.74. The van der Waals surface area contributed by atoms with Crippen molar-refractivity contribution >= 4 is 42.6 Å². The molecule has 2 aromatic heterocycles. The molecule has 0 bridgehead atoms. The molecule has 0 saturated heterocycles. The van der Waals surface area contributed by atoms with E-state index in [2.05, 4.69) is 29.7 Å². The Kier molecular flexibility index (Phi) is 6.72. The van der Waals surface area contributed by atoms with Crippen molar-refractivity contribution < 1.29 is 16.8 Å². The quantitative estimate of drug-likeness (QED) is 0.299. The Morgan fingerprint density at radius 1 is 0.824 bits per heavy atom. The van der Waals surface area contributed by atoms with Crippen LogP contribution < -0.4 is 14.8 Å². The van der Waals surface area contributed by atoms with Gasteiger partial charge in [-0.2, -0.15) is 0 Å². The van der Waals surface area contributed by atoms with E-state index in [4.69, 9.17) is 0 Å². The number of nitrogens with zero attached hydrogens (tertiary/aromatic N) is 3. The number of hydrogen-bond acceptors (Lipinski definition) is 8. The fraction of sp³-hybridized carbons (Fsp3) is 0.136. The van der Waals surface area contributed by atoms with Crippen LogP contribution in [0.2, 0.25) is 0 Å². The molecule has 3 N–H and O–H groups in total. The Morgan fingerprint density at radius 2 is 1.62 bits per heavy atom. The van der Waals surface area contributed by atoms with Gasteiger partial charge in [0, 0.05) is 24.8 Å². The zero-order valence-corrected chi connectivity index (χ0v) is 19.8. The summed E-state index contributed by atoms with van der Waals surface area (Å²) in [7, 11) is -6.99. The molecule has 0 saturated carbocycles. The lowest BCUT2D eigenvalue weighted by Crippen LogP contribution is -2.27.